The lowest BCUT2D eigenvalue weighted by molar-refractivity contribution is -0.122. The van der Waals surface area contributed by atoms with E-state index in [2.05, 4.69) is 22.3 Å². The minimum absolute atomic E-state index is 0.0923. The fraction of sp³-hybridized carbons (Fsp3) is 0.600. The number of nitrogens with one attached hydrogen (secondary N) is 1. The van der Waals surface area contributed by atoms with Gasteiger partial charge in [0.15, 0.2) is 0 Å². The van der Waals surface area contributed by atoms with Gasteiger partial charge in [-0.3, -0.25) is 4.79 Å². The van der Waals surface area contributed by atoms with Gasteiger partial charge < -0.3 is 11.1 Å². The number of hydrogen-bond acceptors (Lipinski definition) is 4. The van der Waals surface area contributed by atoms with Gasteiger partial charge in [0, 0.05) is 6.04 Å². The van der Waals surface area contributed by atoms with Crippen LogP contribution in [0.2, 0.25) is 0 Å². The number of thiocarbonyl (C=S) groups is 1. The summed E-state index contributed by atoms with van der Waals surface area (Å²) in [5, 5.41) is 6.86. The van der Waals surface area contributed by atoms with E-state index in [4.69, 9.17) is 18.0 Å². The van der Waals surface area contributed by atoms with E-state index >= 15 is 0 Å². The maximum absolute atomic E-state index is 11.6. The molecular weight excluding hydrogens is 238 g/mol. The van der Waals surface area contributed by atoms with Gasteiger partial charge in [-0.05, 0) is 13.3 Å². The molecule has 0 radical (unpaired) electrons. The van der Waals surface area contributed by atoms with E-state index in [1.54, 1.807) is 0 Å². The Bertz CT molecular complexity index is 403. The quantitative estimate of drug-likeness (QED) is 0.710. The number of nitrogens with zero attached hydrogens (tertiary/aromatic N) is 3. The van der Waals surface area contributed by atoms with Crippen molar-refractivity contribution < 1.29 is 4.79 Å². The summed E-state index contributed by atoms with van der Waals surface area (Å²) in [6, 6.07) is 0.172. The molecule has 6 nitrogen and oxygen atoms in total. The van der Waals surface area contributed by atoms with E-state index < -0.39 is 0 Å². The molecule has 1 heterocycles. The molecule has 0 saturated heterocycles. The lowest BCUT2D eigenvalue weighted by atomic mass is 10.2. The van der Waals surface area contributed by atoms with Gasteiger partial charge in [0.05, 0.1) is 0 Å². The zero-order valence-corrected chi connectivity index (χ0v) is 10.8. The predicted octanol–water partition coefficient (Wildman–Crippen LogP) is 0.217. The van der Waals surface area contributed by atoms with Crippen molar-refractivity contribution in [3.63, 3.8) is 0 Å². The second kappa shape index (κ2) is 6.29. The predicted molar refractivity (Wildman–Crippen MR) is 68.4 cm³/mol. The Morgan fingerprint density at radius 3 is 2.94 bits per heavy atom. The second-order valence-corrected chi connectivity index (χ2v) is 4.33. The van der Waals surface area contributed by atoms with E-state index in [0.717, 1.165) is 12.8 Å². The molecule has 1 aromatic rings. The van der Waals surface area contributed by atoms with Gasteiger partial charge in [-0.25, -0.2) is 9.67 Å². The molecule has 1 amide bonds. The molecule has 0 fully saturated rings. The topological polar surface area (TPSA) is 85.8 Å². The number of carbonyl (C=O) groups is 1. The van der Waals surface area contributed by atoms with Crippen LogP contribution in [0.25, 0.3) is 0 Å². The largest absolute Gasteiger partial charge is 0.387 e. The van der Waals surface area contributed by atoms with Gasteiger partial charge in [0.25, 0.3) is 0 Å². The van der Waals surface area contributed by atoms with Gasteiger partial charge in [-0.2, -0.15) is 0 Å². The first kappa shape index (κ1) is 13.6. The van der Waals surface area contributed by atoms with Crippen LogP contribution < -0.4 is 11.1 Å². The number of carbonyl (C=O) groups excluding carboxylic acids is 1. The summed E-state index contributed by atoms with van der Waals surface area (Å²) >= 11 is 4.73. The Morgan fingerprint density at radius 2 is 2.41 bits per heavy atom. The van der Waals surface area contributed by atoms with E-state index in [1.165, 1.54) is 11.0 Å². The fourth-order valence-corrected chi connectivity index (χ4v) is 1.55. The molecule has 1 unspecified atom stereocenters. The van der Waals surface area contributed by atoms with E-state index in [-0.39, 0.29) is 29.3 Å². The summed E-state index contributed by atoms with van der Waals surface area (Å²) in [7, 11) is 0. The minimum atomic E-state index is -0.0923. The molecule has 17 heavy (non-hydrogen) atoms. The van der Waals surface area contributed by atoms with Crippen LogP contribution in [0.15, 0.2) is 6.33 Å². The maximum atomic E-state index is 11.6. The number of nitrogens with two attached hydrogens (primary N) is 1. The zero-order valence-electron chi connectivity index (χ0n) is 10.0. The van der Waals surface area contributed by atoms with Crippen molar-refractivity contribution in [2.75, 3.05) is 0 Å². The van der Waals surface area contributed by atoms with Gasteiger partial charge in [-0.15, -0.1) is 5.10 Å². The Labute approximate surface area is 106 Å². The third kappa shape index (κ3) is 4.48. The molecule has 1 atom stereocenters. The van der Waals surface area contributed by atoms with Gasteiger partial charge in [-0.1, -0.05) is 25.6 Å². The van der Waals surface area contributed by atoms with Crippen molar-refractivity contribution in [3.05, 3.63) is 12.2 Å². The summed E-state index contributed by atoms with van der Waals surface area (Å²) in [6.07, 6.45) is 3.44. The summed E-state index contributed by atoms with van der Waals surface area (Å²) in [4.78, 5) is 15.6. The lowest BCUT2D eigenvalue weighted by Gasteiger charge is -2.12. The molecule has 0 aliphatic heterocycles. The fourth-order valence-electron chi connectivity index (χ4n) is 1.46. The van der Waals surface area contributed by atoms with Crippen molar-refractivity contribution in [2.24, 2.45) is 5.73 Å². The van der Waals surface area contributed by atoms with Crippen LogP contribution in [0.4, 0.5) is 0 Å². The van der Waals surface area contributed by atoms with E-state index in [9.17, 15) is 4.79 Å². The van der Waals surface area contributed by atoms with Gasteiger partial charge >= 0.3 is 0 Å². The number of amides is 1. The molecule has 0 bridgehead atoms. The van der Waals surface area contributed by atoms with Crippen molar-refractivity contribution in [2.45, 2.75) is 39.3 Å². The third-order valence-electron chi connectivity index (χ3n) is 2.19. The number of aromatic nitrogens is 3. The molecule has 7 heteroatoms. The average molecular weight is 255 g/mol. The molecule has 0 spiro atoms. The van der Waals surface area contributed by atoms with Crippen LogP contribution in [-0.4, -0.2) is 31.7 Å². The molecule has 94 valence electrons. The lowest BCUT2D eigenvalue weighted by Crippen LogP contribution is -2.35. The van der Waals surface area contributed by atoms with Crippen LogP contribution >= 0.6 is 12.2 Å². The van der Waals surface area contributed by atoms with Crippen LogP contribution in [0.3, 0.4) is 0 Å². The van der Waals surface area contributed by atoms with Gasteiger partial charge in [0.2, 0.25) is 11.7 Å². The van der Waals surface area contributed by atoms with Gasteiger partial charge in [0.1, 0.15) is 17.9 Å². The highest BCUT2D eigenvalue weighted by molar-refractivity contribution is 7.80. The van der Waals surface area contributed by atoms with Crippen LogP contribution in [0, 0.1) is 0 Å². The summed E-state index contributed by atoms with van der Waals surface area (Å²) in [6.45, 7) is 4.18. The highest BCUT2D eigenvalue weighted by Gasteiger charge is 2.09. The summed E-state index contributed by atoms with van der Waals surface area (Å²) < 4.78 is 1.42. The molecule has 0 saturated carbocycles. The maximum Gasteiger partial charge on any atom is 0.242 e. The zero-order chi connectivity index (χ0) is 12.8. The smallest absolute Gasteiger partial charge is 0.242 e. The normalized spacial score (nSPS) is 12.1. The Balaban J connectivity index is 2.47. The molecule has 1 aromatic heterocycles. The van der Waals surface area contributed by atoms with Crippen LogP contribution in [-0.2, 0) is 11.3 Å². The molecule has 1 rings (SSSR count). The first-order valence-electron chi connectivity index (χ1n) is 5.51. The first-order valence-corrected chi connectivity index (χ1v) is 5.92. The van der Waals surface area contributed by atoms with Crippen molar-refractivity contribution in [1.29, 1.82) is 0 Å². The molecular formula is C10H17N5OS. The van der Waals surface area contributed by atoms with Crippen molar-refractivity contribution >= 4 is 23.1 Å². The molecule has 0 aliphatic rings. The standard InChI is InChI=1S/C10H17N5OS/c1-3-4-7(2)13-8(16)5-15-6-12-10(14-15)9(11)17/h6-7H,3-5H2,1-2H3,(H2,11,17)(H,13,16). The molecule has 3 N–H and O–H groups in total. The summed E-state index contributed by atoms with van der Waals surface area (Å²) in [5.74, 6) is 0.194. The van der Waals surface area contributed by atoms with E-state index in [0.29, 0.717) is 0 Å². The SMILES string of the molecule is CCCC(C)NC(=O)Cn1cnc(C(N)=S)n1. The minimum Gasteiger partial charge on any atom is -0.387 e. The molecule has 0 aromatic carbocycles. The van der Waals surface area contributed by atoms with Crippen LogP contribution in [0.5, 0.6) is 0 Å². The average Bonchev–Trinajstić information content (AvgIpc) is 2.66. The van der Waals surface area contributed by atoms with E-state index in [1.807, 2.05) is 6.92 Å². The molecule has 0 aliphatic carbocycles. The Morgan fingerprint density at radius 1 is 1.71 bits per heavy atom. The highest BCUT2D eigenvalue weighted by Crippen LogP contribution is 1.95. The summed E-state index contributed by atoms with van der Waals surface area (Å²) in [5.41, 5.74) is 5.37. The van der Waals surface area contributed by atoms with Crippen molar-refractivity contribution in [1.82, 2.24) is 20.1 Å². The number of rotatable bonds is 6. The second-order valence-electron chi connectivity index (χ2n) is 3.89. The third-order valence-corrected chi connectivity index (χ3v) is 2.37. The first-order chi connectivity index (χ1) is 8.02. The monoisotopic (exact) mass is 255 g/mol. The highest BCUT2D eigenvalue weighted by atomic mass is 32.1. The number of hydrogen-bond donors (Lipinski definition) is 2. The van der Waals surface area contributed by atoms with Crippen molar-refractivity contribution in [3.8, 4) is 0 Å². The Hall–Kier alpha value is -1.50. The Kier molecular flexibility index (Phi) is 5.02. The van der Waals surface area contributed by atoms with Crippen LogP contribution in [0.1, 0.15) is 32.5 Å².